The minimum absolute atomic E-state index is 0.166. The molecular weight excluding hydrogens is 352 g/mol. The maximum atomic E-state index is 12.2. The van der Waals surface area contributed by atoms with E-state index in [0.717, 1.165) is 5.69 Å². The molecule has 140 valence electrons. The highest BCUT2D eigenvalue weighted by atomic mass is 16.6. The first-order valence-corrected chi connectivity index (χ1v) is 8.16. The van der Waals surface area contributed by atoms with Gasteiger partial charge < -0.3 is 15.4 Å². The molecule has 1 aromatic carbocycles. The second-order valence-electron chi connectivity index (χ2n) is 5.66. The normalized spacial score (nSPS) is 10.4. The van der Waals surface area contributed by atoms with Gasteiger partial charge in [0.1, 0.15) is 12.3 Å². The molecule has 0 aliphatic carbocycles. The Morgan fingerprint density at radius 2 is 2.00 bits per heavy atom. The lowest BCUT2D eigenvalue weighted by molar-refractivity contribution is -0.114. The Hall–Kier alpha value is -3.69. The van der Waals surface area contributed by atoms with Crippen molar-refractivity contribution in [2.24, 2.45) is 0 Å². The van der Waals surface area contributed by atoms with Gasteiger partial charge in [0.2, 0.25) is 5.91 Å². The van der Waals surface area contributed by atoms with Crippen LogP contribution in [-0.4, -0.2) is 45.1 Å². The van der Waals surface area contributed by atoms with E-state index < -0.39 is 0 Å². The van der Waals surface area contributed by atoms with E-state index in [0.29, 0.717) is 29.4 Å². The molecule has 2 aromatic heterocycles. The predicted octanol–water partition coefficient (Wildman–Crippen LogP) is 1.33. The molecule has 3 aromatic rings. The van der Waals surface area contributed by atoms with Crippen LogP contribution in [0.3, 0.4) is 0 Å². The van der Waals surface area contributed by atoms with Gasteiger partial charge in [-0.05, 0) is 36.3 Å². The standard InChI is InChI=1S/C17H18N6O4/c1-11-17(22-27-21-11)26-8-7-18-16(25)13-3-5-15(6-4-13)23-10-14(9-19-23)20-12(2)24/h3-6,9-10H,7-8H2,1-2H3,(H,18,25)(H,20,24). The zero-order valence-corrected chi connectivity index (χ0v) is 14.8. The summed E-state index contributed by atoms with van der Waals surface area (Å²) < 4.78 is 11.5. The maximum Gasteiger partial charge on any atom is 0.278 e. The third kappa shape index (κ3) is 4.69. The van der Waals surface area contributed by atoms with Gasteiger partial charge in [-0.15, -0.1) is 0 Å². The molecule has 0 aliphatic rings. The maximum absolute atomic E-state index is 12.2. The van der Waals surface area contributed by atoms with Gasteiger partial charge in [0.05, 0.1) is 30.3 Å². The third-order valence-corrected chi connectivity index (χ3v) is 3.53. The van der Waals surface area contributed by atoms with Gasteiger partial charge >= 0.3 is 0 Å². The van der Waals surface area contributed by atoms with Crippen LogP contribution in [0.5, 0.6) is 5.88 Å². The highest BCUT2D eigenvalue weighted by Gasteiger charge is 2.08. The molecule has 27 heavy (non-hydrogen) atoms. The lowest BCUT2D eigenvalue weighted by Gasteiger charge is -2.07. The monoisotopic (exact) mass is 370 g/mol. The summed E-state index contributed by atoms with van der Waals surface area (Å²) in [5, 5.41) is 16.8. The van der Waals surface area contributed by atoms with Crippen molar-refractivity contribution < 1.29 is 19.0 Å². The van der Waals surface area contributed by atoms with Crippen LogP contribution in [-0.2, 0) is 4.79 Å². The number of rotatable bonds is 7. The summed E-state index contributed by atoms with van der Waals surface area (Å²) in [6, 6.07) is 6.91. The first kappa shape index (κ1) is 18.1. The van der Waals surface area contributed by atoms with Crippen LogP contribution < -0.4 is 15.4 Å². The first-order chi connectivity index (χ1) is 13.0. The van der Waals surface area contributed by atoms with Gasteiger partial charge in [0.15, 0.2) is 0 Å². The van der Waals surface area contributed by atoms with E-state index in [-0.39, 0.29) is 18.4 Å². The van der Waals surface area contributed by atoms with Crippen molar-refractivity contribution in [3.63, 3.8) is 0 Å². The Kier molecular flexibility index (Phi) is 5.45. The Morgan fingerprint density at radius 1 is 1.22 bits per heavy atom. The molecule has 0 spiro atoms. The zero-order chi connectivity index (χ0) is 19.2. The smallest absolute Gasteiger partial charge is 0.278 e. The predicted molar refractivity (Wildman–Crippen MR) is 94.7 cm³/mol. The lowest BCUT2D eigenvalue weighted by Crippen LogP contribution is -2.28. The largest absolute Gasteiger partial charge is 0.472 e. The number of nitrogens with one attached hydrogen (secondary N) is 2. The van der Waals surface area contributed by atoms with Gasteiger partial charge in [-0.25, -0.2) is 9.31 Å². The molecule has 0 saturated carbocycles. The molecular formula is C17H18N6O4. The summed E-state index contributed by atoms with van der Waals surface area (Å²) in [6.07, 6.45) is 3.24. The second kappa shape index (κ2) is 8.13. The SMILES string of the molecule is CC(=O)Nc1cnn(-c2ccc(C(=O)NCCOc3nonc3C)cc2)c1. The van der Waals surface area contributed by atoms with E-state index in [4.69, 9.17) is 4.74 Å². The van der Waals surface area contributed by atoms with Gasteiger partial charge in [0, 0.05) is 12.5 Å². The fourth-order valence-electron chi connectivity index (χ4n) is 2.27. The minimum Gasteiger partial charge on any atom is -0.472 e. The summed E-state index contributed by atoms with van der Waals surface area (Å²) in [4.78, 5) is 23.2. The Bertz CT molecular complexity index is 931. The molecule has 10 nitrogen and oxygen atoms in total. The summed E-state index contributed by atoms with van der Waals surface area (Å²) >= 11 is 0. The van der Waals surface area contributed by atoms with Crippen molar-refractivity contribution in [3.05, 3.63) is 47.9 Å². The van der Waals surface area contributed by atoms with Crippen molar-refractivity contribution in [2.75, 3.05) is 18.5 Å². The summed E-state index contributed by atoms with van der Waals surface area (Å²) in [6.45, 7) is 3.70. The number of hydrogen-bond acceptors (Lipinski definition) is 7. The average Bonchev–Trinajstić information content (AvgIpc) is 3.27. The number of amides is 2. The molecule has 0 atom stereocenters. The van der Waals surface area contributed by atoms with Crippen LogP contribution in [0.4, 0.5) is 5.69 Å². The molecule has 3 rings (SSSR count). The van der Waals surface area contributed by atoms with Gasteiger partial charge in [-0.1, -0.05) is 5.16 Å². The van der Waals surface area contributed by atoms with E-state index in [1.54, 1.807) is 48.3 Å². The van der Waals surface area contributed by atoms with E-state index >= 15 is 0 Å². The van der Waals surface area contributed by atoms with Crippen LogP contribution in [0.15, 0.2) is 41.3 Å². The number of aromatic nitrogens is 4. The number of anilines is 1. The van der Waals surface area contributed by atoms with Crippen LogP contribution >= 0.6 is 0 Å². The van der Waals surface area contributed by atoms with Gasteiger partial charge in [-0.3, -0.25) is 9.59 Å². The number of ether oxygens (including phenoxy) is 1. The Labute approximate surface area is 154 Å². The molecule has 2 heterocycles. The highest BCUT2D eigenvalue weighted by molar-refractivity contribution is 5.94. The van der Waals surface area contributed by atoms with Crippen LogP contribution in [0, 0.1) is 6.92 Å². The van der Waals surface area contributed by atoms with E-state index in [9.17, 15) is 9.59 Å². The molecule has 10 heteroatoms. The fraction of sp³-hybridized carbons (Fsp3) is 0.235. The summed E-state index contributed by atoms with van der Waals surface area (Å²) in [5.74, 6) is -0.0773. The zero-order valence-electron chi connectivity index (χ0n) is 14.8. The van der Waals surface area contributed by atoms with Crippen molar-refractivity contribution in [1.82, 2.24) is 25.4 Å². The molecule has 0 radical (unpaired) electrons. The van der Waals surface area contributed by atoms with E-state index in [1.165, 1.54) is 6.92 Å². The molecule has 2 N–H and O–H groups in total. The molecule has 0 saturated heterocycles. The van der Waals surface area contributed by atoms with Crippen LogP contribution in [0.25, 0.3) is 5.69 Å². The Balaban J connectivity index is 1.52. The van der Waals surface area contributed by atoms with Crippen molar-refractivity contribution >= 4 is 17.5 Å². The molecule has 0 bridgehead atoms. The molecule has 0 fully saturated rings. The second-order valence-corrected chi connectivity index (χ2v) is 5.66. The highest BCUT2D eigenvalue weighted by Crippen LogP contribution is 2.13. The first-order valence-electron chi connectivity index (χ1n) is 8.16. The number of carbonyl (C=O) groups is 2. The quantitative estimate of drug-likeness (QED) is 0.601. The van der Waals surface area contributed by atoms with Crippen LogP contribution in [0.1, 0.15) is 23.0 Å². The van der Waals surface area contributed by atoms with Crippen molar-refractivity contribution in [2.45, 2.75) is 13.8 Å². The molecule has 2 amide bonds. The lowest BCUT2D eigenvalue weighted by atomic mass is 10.2. The molecule has 0 unspecified atom stereocenters. The van der Waals surface area contributed by atoms with Crippen LogP contribution in [0.2, 0.25) is 0 Å². The van der Waals surface area contributed by atoms with Crippen molar-refractivity contribution in [1.29, 1.82) is 0 Å². The van der Waals surface area contributed by atoms with E-state index in [2.05, 4.69) is 30.7 Å². The molecule has 0 aliphatic heterocycles. The van der Waals surface area contributed by atoms with Gasteiger partial charge in [0.25, 0.3) is 11.8 Å². The number of benzene rings is 1. The average molecular weight is 370 g/mol. The fourth-order valence-corrected chi connectivity index (χ4v) is 2.27. The third-order valence-electron chi connectivity index (χ3n) is 3.53. The Morgan fingerprint density at radius 3 is 2.67 bits per heavy atom. The van der Waals surface area contributed by atoms with Gasteiger partial charge in [-0.2, -0.15) is 5.10 Å². The summed E-state index contributed by atoms with van der Waals surface area (Å²) in [7, 11) is 0. The number of carbonyl (C=O) groups excluding carboxylic acids is 2. The van der Waals surface area contributed by atoms with Crippen molar-refractivity contribution in [3.8, 4) is 11.6 Å². The number of hydrogen-bond donors (Lipinski definition) is 2. The number of aryl methyl sites for hydroxylation is 1. The topological polar surface area (TPSA) is 124 Å². The van der Waals surface area contributed by atoms with E-state index in [1.807, 2.05) is 0 Å². The summed E-state index contributed by atoms with van der Waals surface area (Å²) in [5.41, 5.74) is 2.42. The number of nitrogens with zero attached hydrogens (tertiary/aromatic N) is 4. The minimum atomic E-state index is -0.223.